The molecule has 1 heterocycles. The Morgan fingerprint density at radius 3 is 2.50 bits per heavy atom. The molecule has 0 aliphatic carbocycles. The molecule has 1 amide bonds. The third-order valence-electron chi connectivity index (χ3n) is 2.98. The van der Waals surface area contributed by atoms with E-state index in [4.69, 9.17) is 11.6 Å². The molecule has 128 valence electrons. The van der Waals surface area contributed by atoms with Crippen molar-refractivity contribution in [1.29, 1.82) is 0 Å². The Hall–Kier alpha value is -2.35. The Kier molecular flexibility index (Phi) is 5.61. The average Bonchev–Trinajstić information content (AvgIpc) is 2.54. The lowest BCUT2D eigenvalue weighted by atomic mass is 10.1. The van der Waals surface area contributed by atoms with Crippen LogP contribution in [0.4, 0.5) is 24.8 Å². The smallest absolute Gasteiger partial charge is 0.354 e. The molecule has 0 saturated carbocycles. The van der Waals surface area contributed by atoms with Crippen LogP contribution < -0.4 is 10.6 Å². The zero-order valence-electron chi connectivity index (χ0n) is 12.6. The van der Waals surface area contributed by atoms with Crippen LogP contribution in [-0.2, 0) is 6.18 Å². The number of hydrogen-bond acceptors (Lipinski definition) is 4. The summed E-state index contributed by atoms with van der Waals surface area (Å²) in [5.74, 6) is -0.402. The van der Waals surface area contributed by atoms with E-state index in [-0.39, 0.29) is 16.3 Å². The third-order valence-corrected chi connectivity index (χ3v) is 3.22. The van der Waals surface area contributed by atoms with E-state index in [9.17, 15) is 18.0 Å². The number of anilines is 2. The largest absolute Gasteiger partial charge is 0.418 e. The Morgan fingerprint density at radius 1 is 1.25 bits per heavy atom. The number of aromatic nitrogens is 2. The minimum absolute atomic E-state index is 0.0418. The van der Waals surface area contributed by atoms with Gasteiger partial charge in [0.15, 0.2) is 0 Å². The SMILES string of the molecule is CCCNc1ncc(C(=O)Nc2ccc(Cl)cc2C(F)(F)F)cn1. The number of nitrogens with one attached hydrogen (secondary N) is 2. The fourth-order valence-electron chi connectivity index (χ4n) is 1.83. The minimum Gasteiger partial charge on any atom is -0.354 e. The molecule has 5 nitrogen and oxygen atoms in total. The van der Waals surface area contributed by atoms with Crippen molar-refractivity contribution < 1.29 is 18.0 Å². The molecular formula is C15H14ClF3N4O. The van der Waals surface area contributed by atoms with Gasteiger partial charge in [0, 0.05) is 24.0 Å². The van der Waals surface area contributed by atoms with Gasteiger partial charge in [-0.15, -0.1) is 0 Å². The van der Waals surface area contributed by atoms with Gasteiger partial charge in [-0.2, -0.15) is 13.2 Å². The lowest BCUT2D eigenvalue weighted by molar-refractivity contribution is -0.136. The number of alkyl halides is 3. The van der Waals surface area contributed by atoms with Crippen LogP contribution >= 0.6 is 11.6 Å². The maximum Gasteiger partial charge on any atom is 0.418 e. The van der Waals surface area contributed by atoms with Crippen molar-refractivity contribution in [2.45, 2.75) is 19.5 Å². The summed E-state index contributed by atoms with van der Waals surface area (Å²) in [6.07, 6.45) is -1.28. The van der Waals surface area contributed by atoms with Crippen LogP contribution in [0.3, 0.4) is 0 Å². The average molecular weight is 359 g/mol. The molecule has 2 aromatic rings. The lowest BCUT2D eigenvalue weighted by Gasteiger charge is -2.14. The first kappa shape index (κ1) is 18.0. The lowest BCUT2D eigenvalue weighted by Crippen LogP contribution is -2.17. The van der Waals surface area contributed by atoms with Crippen molar-refractivity contribution in [1.82, 2.24) is 9.97 Å². The van der Waals surface area contributed by atoms with Crippen LogP contribution in [-0.4, -0.2) is 22.4 Å². The van der Waals surface area contributed by atoms with Gasteiger partial charge in [-0.3, -0.25) is 4.79 Å². The molecule has 0 bridgehead atoms. The Morgan fingerprint density at radius 2 is 1.92 bits per heavy atom. The van der Waals surface area contributed by atoms with E-state index in [0.717, 1.165) is 18.6 Å². The van der Waals surface area contributed by atoms with E-state index in [2.05, 4.69) is 20.6 Å². The predicted octanol–water partition coefficient (Wildman–Crippen LogP) is 4.22. The van der Waals surface area contributed by atoms with Crippen LogP contribution in [0.5, 0.6) is 0 Å². The zero-order chi connectivity index (χ0) is 17.7. The Labute approximate surface area is 141 Å². The highest BCUT2D eigenvalue weighted by Gasteiger charge is 2.34. The van der Waals surface area contributed by atoms with Crippen molar-refractivity contribution in [3.05, 3.63) is 46.7 Å². The minimum atomic E-state index is -4.64. The second-order valence-corrected chi connectivity index (χ2v) is 5.30. The number of halogens is 4. The monoisotopic (exact) mass is 358 g/mol. The number of carbonyl (C=O) groups is 1. The summed E-state index contributed by atoms with van der Waals surface area (Å²) in [7, 11) is 0. The standard InChI is InChI=1S/C15H14ClF3N4O/c1-2-5-20-14-21-7-9(8-22-14)13(24)23-12-4-3-10(16)6-11(12)15(17,18)19/h3-4,6-8H,2,5H2,1H3,(H,23,24)(H,20,21,22). The summed E-state index contributed by atoms with van der Waals surface area (Å²) in [5, 5.41) is 5.06. The van der Waals surface area contributed by atoms with E-state index in [1.54, 1.807) is 0 Å². The molecule has 0 fully saturated rings. The maximum absolute atomic E-state index is 13.0. The number of carbonyl (C=O) groups excluding carboxylic acids is 1. The second kappa shape index (κ2) is 7.48. The van der Waals surface area contributed by atoms with Crippen LogP contribution in [0.1, 0.15) is 29.3 Å². The second-order valence-electron chi connectivity index (χ2n) is 4.86. The summed E-state index contributed by atoms with van der Waals surface area (Å²) in [6.45, 7) is 2.64. The van der Waals surface area contributed by atoms with Crippen molar-refractivity contribution >= 4 is 29.1 Å². The van der Waals surface area contributed by atoms with Gasteiger partial charge in [0.2, 0.25) is 5.95 Å². The molecule has 0 saturated heterocycles. The van der Waals surface area contributed by atoms with Crippen LogP contribution in [0.25, 0.3) is 0 Å². The van der Waals surface area contributed by atoms with Crippen molar-refractivity contribution in [2.24, 2.45) is 0 Å². The molecule has 1 aromatic heterocycles. The molecule has 0 spiro atoms. The van der Waals surface area contributed by atoms with Gasteiger partial charge in [0.05, 0.1) is 16.8 Å². The first-order chi connectivity index (χ1) is 11.3. The molecule has 1 aromatic carbocycles. The fraction of sp³-hybridized carbons (Fsp3) is 0.267. The number of nitrogens with zero attached hydrogens (tertiary/aromatic N) is 2. The van der Waals surface area contributed by atoms with Crippen molar-refractivity contribution in [3.8, 4) is 0 Å². The molecular weight excluding hydrogens is 345 g/mol. The summed E-state index contributed by atoms with van der Waals surface area (Å²) in [5.41, 5.74) is -1.37. The van der Waals surface area contributed by atoms with E-state index >= 15 is 0 Å². The summed E-state index contributed by atoms with van der Waals surface area (Å²) < 4.78 is 39.0. The summed E-state index contributed by atoms with van der Waals surface area (Å²) in [4.78, 5) is 20.0. The molecule has 0 atom stereocenters. The molecule has 0 aliphatic heterocycles. The molecule has 0 aliphatic rings. The van der Waals surface area contributed by atoms with Crippen LogP contribution in [0.2, 0.25) is 5.02 Å². The van der Waals surface area contributed by atoms with E-state index < -0.39 is 17.6 Å². The number of amides is 1. The van der Waals surface area contributed by atoms with Gasteiger partial charge in [0.1, 0.15) is 0 Å². The van der Waals surface area contributed by atoms with Crippen LogP contribution in [0.15, 0.2) is 30.6 Å². The molecule has 0 radical (unpaired) electrons. The molecule has 2 rings (SSSR count). The number of benzene rings is 1. The van der Waals surface area contributed by atoms with E-state index in [0.29, 0.717) is 12.5 Å². The normalized spacial score (nSPS) is 11.2. The summed E-state index contributed by atoms with van der Waals surface area (Å²) >= 11 is 5.60. The van der Waals surface area contributed by atoms with Gasteiger partial charge < -0.3 is 10.6 Å². The van der Waals surface area contributed by atoms with Crippen LogP contribution in [0, 0.1) is 0 Å². The highest BCUT2D eigenvalue weighted by atomic mass is 35.5. The molecule has 9 heteroatoms. The fourth-order valence-corrected chi connectivity index (χ4v) is 2.00. The van der Waals surface area contributed by atoms with Gasteiger partial charge in [-0.05, 0) is 24.6 Å². The Bertz CT molecular complexity index is 720. The quantitative estimate of drug-likeness (QED) is 0.839. The third kappa shape index (κ3) is 4.58. The predicted molar refractivity (Wildman–Crippen MR) is 85.2 cm³/mol. The first-order valence-electron chi connectivity index (χ1n) is 7.05. The topological polar surface area (TPSA) is 66.9 Å². The van der Waals surface area contributed by atoms with Crippen molar-refractivity contribution in [3.63, 3.8) is 0 Å². The van der Waals surface area contributed by atoms with Gasteiger partial charge in [-0.1, -0.05) is 18.5 Å². The highest BCUT2D eigenvalue weighted by molar-refractivity contribution is 6.30. The number of rotatable bonds is 5. The molecule has 24 heavy (non-hydrogen) atoms. The highest BCUT2D eigenvalue weighted by Crippen LogP contribution is 2.36. The molecule has 2 N–H and O–H groups in total. The zero-order valence-corrected chi connectivity index (χ0v) is 13.4. The molecule has 0 unspecified atom stereocenters. The van der Waals surface area contributed by atoms with E-state index in [1.165, 1.54) is 18.5 Å². The van der Waals surface area contributed by atoms with Gasteiger partial charge in [0.25, 0.3) is 5.91 Å². The van der Waals surface area contributed by atoms with Gasteiger partial charge in [-0.25, -0.2) is 9.97 Å². The van der Waals surface area contributed by atoms with Crippen molar-refractivity contribution in [2.75, 3.05) is 17.2 Å². The Balaban J connectivity index is 2.18. The first-order valence-corrected chi connectivity index (χ1v) is 7.43. The van der Waals surface area contributed by atoms with E-state index in [1.807, 2.05) is 6.92 Å². The summed E-state index contributed by atoms with van der Waals surface area (Å²) in [6, 6.07) is 3.12. The maximum atomic E-state index is 13.0. The number of hydrogen-bond donors (Lipinski definition) is 2. The van der Waals surface area contributed by atoms with Gasteiger partial charge >= 0.3 is 6.18 Å².